The third-order valence-corrected chi connectivity index (χ3v) is 4.23. The van der Waals surface area contributed by atoms with Gasteiger partial charge in [0.2, 0.25) is 0 Å². The van der Waals surface area contributed by atoms with Crippen LogP contribution < -0.4 is 10.1 Å². The summed E-state index contributed by atoms with van der Waals surface area (Å²) in [6.45, 7) is 2.26. The van der Waals surface area contributed by atoms with Crippen LogP contribution in [0.2, 0.25) is 0 Å². The average Bonchev–Trinajstić information content (AvgIpc) is 2.64. The summed E-state index contributed by atoms with van der Waals surface area (Å²) in [5, 5.41) is 2.91. The Morgan fingerprint density at radius 2 is 2.04 bits per heavy atom. The van der Waals surface area contributed by atoms with Crippen LogP contribution in [0.25, 0.3) is 0 Å². The molecule has 0 spiro atoms. The van der Waals surface area contributed by atoms with E-state index in [1.165, 1.54) is 12.1 Å². The second-order valence-electron chi connectivity index (χ2n) is 6.03. The molecule has 0 aromatic heterocycles. The van der Waals surface area contributed by atoms with Crippen LogP contribution in [0.15, 0.2) is 60.2 Å². The van der Waals surface area contributed by atoms with Crippen molar-refractivity contribution in [3.63, 3.8) is 0 Å². The van der Waals surface area contributed by atoms with Gasteiger partial charge in [0.25, 0.3) is 5.91 Å². The van der Waals surface area contributed by atoms with Gasteiger partial charge in [-0.15, -0.1) is 0 Å². The molecule has 0 bridgehead atoms. The van der Waals surface area contributed by atoms with Crippen molar-refractivity contribution in [2.45, 2.75) is 13.0 Å². The first-order chi connectivity index (χ1) is 12.1. The fourth-order valence-electron chi connectivity index (χ4n) is 2.82. The van der Waals surface area contributed by atoms with Gasteiger partial charge in [0, 0.05) is 37.0 Å². The molecule has 1 aliphatic rings. The highest BCUT2D eigenvalue weighted by Crippen LogP contribution is 2.19. The van der Waals surface area contributed by atoms with Gasteiger partial charge in [-0.05, 0) is 36.2 Å². The SMILES string of the molecule is COc1cccc(NC(=O)C2=CCN(Cc3ccc(F)cc3)CC2)c1. The van der Waals surface area contributed by atoms with E-state index >= 15 is 0 Å². The van der Waals surface area contributed by atoms with Crippen molar-refractivity contribution in [3.8, 4) is 5.75 Å². The third-order valence-electron chi connectivity index (χ3n) is 4.23. The lowest BCUT2D eigenvalue weighted by atomic mass is 10.1. The number of benzene rings is 2. The van der Waals surface area contributed by atoms with Crippen LogP contribution in [-0.2, 0) is 11.3 Å². The molecular formula is C20H21FN2O2. The molecule has 25 heavy (non-hydrogen) atoms. The maximum Gasteiger partial charge on any atom is 0.251 e. The van der Waals surface area contributed by atoms with Crippen LogP contribution in [0.5, 0.6) is 5.75 Å². The van der Waals surface area contributed by atoms with E-state index in [0.29, 0.717) is 18.7 Å². The first-order valence-electron chi connectivity index (χ1n) is 8.25. The number of halogens is 1. The zero-order chi connectivity index (χ0) is 17.6. The van der Waals surface area contributed by atoms with Crippen LogP contribution in [0, 0.1) is 5.82 Å². The summed E-state index contributed by atoms with van der Waals surface area (Å²) in [6.07, 6.45) is 2.65. The minimum atomic E-state index is -0.223. The molecule has 3 rings (SSSR count). The summed E-state index contributed by atoms with van der Waals surface area (Å²) in [4.78, 5) is 14.6. The number of methoxy groups -OCH3 is 1. The van der Waals surface area contributed by atoms with Gasteiger partial charge in [-0.2, -0.15) is 0 Å². The van der Waals surface area contributed by atoms with Gasteiger partial charge in [-0.25, -0.2) is 4.39 Å². The van der Waals surface area contributed by atoms with Crippen molar-refractivity contribution < 1.29 is 13.9 Å². The van der Waals surface area contributed by atoms with Crippen LogP contribution in [-0.4, -0.2) is 31.0 Å². The lowest BCUT2D eigenvalue weighted by Gasteiger charge is -2.26. The number of amides is 1. The largest absolute Gasteiger partial charge is 0.497 e. The highest BCUT2D eigenvalue weighted by atomic mass is 19.1. The van der Waals surface area contributed by atoms with E-state index in [9.17, 15) is 9.18 Å². The van der Waals surface area contributed by atoms with E-state index in [2.05, 4.69) is 10.2 Å². The lowest BCUT2D eigenvalue weighted by molar-refractivity contribution is -0.113. The predicted molar refractivity (Wildman–Crippen MR) is 96.0 cm³/mol. The van der Waals surface area contributed by atoms with E-state index in [4.69, 9.17) is 4.74 Å². The van der Waals surface area contributed by atoms with E-state index in [0.717, 1.165) is 29.9 Å². The number of nitrogens with zero attached hydrogens (tertiary/aromatic N) is 1. The van der Waals surface area contributed by atoms with Crippen molar-refractivity contribution in [1.82, 2.24) is 4.90 Å². The molecule has 2 aromatic carbocycles. The Bertz CT molecular complexity index is 772. The van der Waals surface area contributed by atoms with Crippen LogP contribution in [0.4, 0.5) is 10.1 Å². The molecule has 2 aromatic rings. The van der Waals surface area contributed by atoms with Crippen molar-refractivity contribution in [2.24, 2.45) is 0 Å². The van der Waals surface area contributed by atoms with Crippen molar-refractivity contribution in [1.29, 1.82) is 0 Å². The molecule has 0 saturated carbocycles. The standard InChI is InChI=1S/C20H21FN2O2/c1-25-19-4-2-3-18(13-19)22-20(24)16-9-11-23(12-10-16)14-15-5-7-17(21)8-6-15/h2-9,13H,10-12,14H2,1H3,(H,22,24). The van der Waals surface area contributed by atoms with Crippen molar-refractivity contribution in [2.75, 3.05) is 25.5 Å². The highest BCUT2D eigenvalue weighted by molar-refractivity contribution is 6.03. The maximum atomic E-state index is 13.0. The smallest absolute Gasteiger partial charge is 0.251 e. The quantitative estimate of drug-likeness (QED) is 0.904. The average molecular weight is 340 g/mol. The Morgan fingerprint density at radius 1 is 1.24 bits per heavy atom. The summed E-state index contributed by atoms with van der Waals surface area (Å²) in [5.41, 5.74) is 2.58. The van der Waals surface area contributed by atoms with Crippen molar-refractivity contribution in [3.05, 3.63) is 71.6 Å². The number of hydrogen-bond donors (Lipinski definition) is 1. The monoisotopic (exact) mass is 340 g/mol. The molecule has 5 heteroatoms. The summed E-state index contributed by atoms with van der Waals surface area (Å²) in [5.74, 6) is 0.411. The van der Waals surface area contributed by atoms with Gasteiger partial charge >= 0.3 is 0 Å². The number of ether oxygens (including phenoxy) is 1. The van der Waals surface area contributed by atoms with Gasteiger partial charge in [0.1, 0.15) is 11.6 Å². The summed E-state index contributed by atoms with van der Waals surface area (Å²) < 4.78 is 18.1. The lowest BCUT2D eigenvalue weighted by Crippen LogP contribution is -2.31. The molecule has 1 N–H and O–H groups in total. The molecule has 0 unspecified atom stereocenters. The summed E-state index contributed by atoms with van der Waals surface area (Å²) in [7, 11) is 1.60. The molecule has 130 valence electrons. The number of carbonyl (C=O) groups excluding carboxylic acids is 1. The Balaban J connectivity index is 1.56. The van der Waals surface area contributed by atoms with E-state index in [1.807, 2.05) is 24.3 Å². The summed E-state index contributed by atoms with van der Waals surface area (Å²) >= 11 is 0. The van der Waals surface area contributed by atoms with Gasteiger partial charge in [-0.1, -0.05) is 24.3 Å². The van der Waals surface area contributed by atoms with Crippen LogP contribution in [0.1, 0.15) is 12.0 Å². The molecule has 0 aliphatic carbocycles. The minimum Gasteiger partial charge on any atom is -0.497 e. The zero-order valence-electron chi connectivity index (χ0n) is 14.2. The summed E-state index contributed by atoms with van der Waals surface area (Å²) in [6, 6.07) is 13.8. The Hall–Kier alpha value is -2.66. The number of anilines is 1. The second-order valence-corrected chi connectivity index (χ2v) is 6.03. The molecular weight excluding hydrogens is 319 g/mol. The number of nitrogens with one attached hydrogen (secondary N) is 1. The Labute approximate surface area is 146 Å². The molecule has 0 radical (unpaired) electrons. The van der Waals surface area contributed by atoms with E-state index in [1.54, 1.807) is 25.3 Å². The van der Waals surface area contributed by atoms with Gasteiger partial charge < -0.3 is 10.1 Å². The highest BCUT2D eigenvalue weighted by Gasteiger charge is 2.17. The van der Waals surface area contributed by atoms with Gasteiger partial charge in [0.15, 0.2) is 0 Å². The van der Waals surface area contributed by atoms with E-state index < -0.39 is 0 Å². The Kier molecular flexibility index (Phi) is 5.46. The van der Waals surface area contributed by atoms with Gasteiger partial charge in [0.05, 0.1) is 7.11 Å². The number of rotatable bonds is 5. The zero-order valence-corrected chi connectivity index (χ0v) is 14.2. The molecule has 0 fully saturated rings. The molecule has 1 aliphatic heterocycles. The Morgan fingerprint density at radius 3 is 2.72 bits per heavy atom. The predicted octanol–water partition coefficient (Wildman–Crippen LogP) is 3.61. The topological polar surface area (TPSA) is 41.6 Å². The normalized spacial score (nSPS) is 14.7. The second kappa shape index (κ2) is 7.94. The maximum absolute atomic E-state index is 13.0. The fraction of sp³-hybridized carbons (Fsp3) is 0.250. The molecule has 0 atom stereocenters. The first kappa shape index (κ1) is 17.2. The number of hydrogen-bond acceptors (Lipinski definition) is 3. The van der Waals surface area contributed by atoms with Crippen molar-refractivity contribution >= 4 is 11.6 Å². The molecule has 1 heterocycles. The van der Waals surface area contributed by atoms with Crippen LogP contribution in [0.3, 0.4) is 0 Å². The van der Waals surface area contributed by atoms with E-state index in [-0.39, 0.29) is 11.7 Å². The number of carbonyl (C=O) groups is 1. The molecule has 0 saturated heterocycles. The van der Waals surface area contributed by atoms with Crippen LogP contribution >= 0.6 is 0 Å². The fourth-order valence-corrected chi connectivity index (χ4v) is 2.82. The third kappa shape index (κ3) is 4.67. The molecule has 4 nitrogen and oxygen atoms in total. The molecule has 1 amide bonds. The van der Waals surface area contributed by atoms with Gasteiger partial charge in [-0.3, -0.25) is 9.69 Å². The first-order valence-corrected chi connectivity index (χ1v) is 8.25. The minimum absolute atomic E-state index is 0.0744.